The van der Waals surface area contributed by atoms with Crippen LogP contribution in [0.25, 0.3) is 6.08 Å². The number of hydrogen-bond donors (Lipinski definition) is 4. The highest BCUT2D eigenvalue weighted by molar-refractivity contribution is 5.61. The lowest BCUT2D eigenvalue weighted by Crippen LogP contribution is -2.22. The second-order valence-corrected chi connectivity index (χ2v) is 3.29. The standard InChI is InChI=1S/C11H14O6/c1-16-8-5-7(3-4-11(13,14)15)6-9(17-2)10(8)12/h3-6,12-15H,1-2H3/b4-3+. The first-order valence-corrected chi connectivity index (χ1v) is 4.68. The molecule has 1 aromatic carbocycles. The number of benzene rings is 1. The van der Waals surface area contributed by atoms with Gasteiger partial charge in [-0.25, -0.2) is 0 Å². The van der Waals surface area contributed by atoms with Gasteiger partial charge in [0.15, 0.2) is 11.5 Å². The molecule has 0 saturated carbocycles. The van der Waals surface area contributed by atoms with Gasteiger partial charge in [-0.2, -0.15) is 0 Å². The quantitative estimate of drug-likeness (QED) is 0.557. The number of rotatable bonds is 4. The van der Waals surface area contributed by atoms with Gasteiger partial charge in [-0.15, -0.1) is 0 Å². The Balaban J connectivity index is 3.14. The molecule has 0 saturated heterocycles. The van der Waals surface area contributed by atoms with Gasteiger partial charge >= 0.3 is 0 Å². The molecule has 0 atom stereocenters. The molecule has 0 fully saturated rings. The van der Waals surface area contributed by atoms with Crippen molar-refractivity contribution in [1.82, 2.24) is 0 Å². The monoisotopic (exact) mass is 242 g/mol. The molecule has 0 aliphatic heterocycles. The van der Waals surface area contributed by atoms with Crippen LogP contribution in [0, 0.1) is 0 Å². The molecule has 0 amide bonds. The van der Waals surface area contributed by atoms with E-state index >= 15 is 0 Å². The highest BCUT2D eigenvalue weighted by Gasteiger charge is 2.13. The van der Waals surface area contributed by atoms with Crippen molar-refractivity contribution in [2.45, 2.75) is 5.97 Å². The fourth-order valence-electron chi connectivity index (χ4n) is 1.22. The van der Waals surface area contributed by atoms with Gasteiger partial charge in [0.1, 0.15) is 0 Å². The first-order chi connectivity index (χ1) is 7.87. The molecule has 0 heterocycles. The van der Waals surface area contributed by atoms with Gasteiger partial charge < -0.3 is 29.9 Å². The molecule has 1 aromatic rings. The normalized spacial score (nSPS) is 11.8. The minimum Gasteiger partial charge on any atom is -0.502 e. The molecule has 0 radical (unpaired) electrons. The van der Waals surface area contributed by atoms with E-state index < -0.39 is 5.97 Å². The zero-order chi connectivity index (χ0) is 13.1. The van der Waals surface area contributed by atoms with Gasteiger partial charge in [-0.1, -0.05) is 6.08 Å². The smallest absolute Gasteiger partial charge is 0.297 e. The summed E-state index contributed by atoms with van der Waals surface area (Å²) < 4.78 is 9.82. The van der Waals surface area contributed by atoms with Gasteiger partial charge in [0.2, 0.25) is 5.75 Å². The van der Waals surface area contributed by atoms with E-state index in [1.807, 2.05) is 0 Å². The maximum Gasteiger partial charge on any atom is 0.297 e. The average molecular weight is 242 g/mol. The van der Waals surface area contributed by atoms with Crippen LogP contribution in [0.15, 0.2) is 18.2 Å². The Kier molecular flexibility index (Phi) is 3.95. The molecule has 6 heteroatoms. The van der Waals surface area contributed by atoms with Crippen LogP contribution in [0.3, 0.4) is 0 Å². The third kappa shape index (κ3) is 3.63. The van der Waals surface area contributed by atoms with Crippen molar-refractivity contribution >= 4 is 6.08 Å². The van der Waals surface area contributed by atoms with Crippen LogP contribution in [-0.4, -0.2) is 40.6 Å². The SMILES string of the molecule is COc1cc(/C=C/C(O)(O)O)cc(OC)c1O. The third-order valence-electron chi connectivity index (χ3n) is 2.00. The van der Waals surface area contributed by atoms with Gasteiger partial charge in [0.25, 0.3) is 5.97 Å². The first kappa shape index (κ1) is 13.3. The Morgan fingerprint density at radius 3 is 1.88 bits per heavy atom. The number of aliphatic hydroxyl groups is 3. The number of hydrogen-bond acceptors (Lipinski definition) is 6. The Labute approximate surface area is 98.0 Å². The number of ether oxygens (including phenoxy) is 2. The zero-order valence-electron chi connectivity index (χ0n) is 9.41. The summed E-state index contributed by atoms with van der Waals surface area (Å²) in [6.07, 6.45) is 2.00. The molecule has 6 nitrogen and oxygen atoms in total. The molecule has 0 aromatic heterocycles. The highest BCUT2D eigenvalue weighted by atomic mass is 16.7. The molecule has 4 N–H and O–H groups in total. The van der Waals surface area contributed by atoms with Crippen LogP contribution in [-0.2, 0) is 0 Å². The summed E-state index contributed by atoms with van der Waals surface area (Å²) in [5.41, 5.74) is 0.457. The van der Waals surface area contributed by atoms with Gasteiger partial charge in [-0.05, 0) is 17.7 Å². The van der Waals surface area contributed by atoms with Gasteiger partial charge in [-0.3, -0.25) is 0 Å². The van der Waals surface area contributed by atoms with E-state index in [0.717, 1.165) is 6.08 Å². The minimum atomic E-state index is -2.89. The van der Waals surface area contributed by atoms with Crippen molar-refractivity contribution in [3.8, 4) is 17.2 Å². The number of aromatic hydroxyl groups is 1. The summed E-state index contributed by atoms with van der Waals surface area (Å²) in [6.45, 7) is 0. The predicted molar refractivity (Wildman–Crippen MR) is 59.6 cm³/mol. The second kappa shape index (κ2) is 5.05. The summed E-state index contributed by atoms with van der Waals surface area (Å²) in [7, 11) is 2.74. The van der Waals surface area contributed by atoms with Crippen molar-refractivity contribution < 1.29 is 29.9 Å². The van der Waals surface area contributed by atoms with Crippen molar-refractivity contribution in [1.29, 1.82) is 0 Å². The summed E-state index contributed by atoms with van der Waals surface area (Å²) in [4.78, 5) is 0. The van der Waals surface area contributed by atoms with E-state index in [2.05, 4.69) is 0 Å². The third-order valence-corrected chi connectivity index (χ3v) is 2.00. The highest BCUT2D eigenvalue weighted by Crippen LogP contribution is 2.37. The largest absolute Gasteiger partial charge is 0.502 e. The molecule has 0 aliphatic rings. The maximum absolute atomic E-state index is 9.62. The Morgan fingerprint density at radius 1 is 1.06 bits per heavy atom. The fraction of sp³-hybridized carbons (Fsp3) is 0.273. The van der Waals surface area contributed by atoms with Crippen LogP contribution in [0.1, 0.15) is 5.56 Å². The summed E-state index contributed by atoms with van der Waals surface area (Å²) in [5.74, 6) is -2.71. The summed E-state index contributed by atoms with van der Waals surface area (Å²) >= 11 is 0. The average Bonchev–Trinajstić information content (AvgIpc) is 2.26. The van der Waals surface area contributed by atoms with E-state index in [-0.39, 0.29) is 17.2 Å². The number of phenolic OH excluding ortho intramolecular Hbond substituents is 1. The van der Waals surface area contributed by atoms with Crippen LogP contribution < -0.4 is 9.47 Å². The van der Waals surface area contributed by atoms with E-state index in [1.165, 1.54) is 32.4 Å². The lowest BCUT2D eigenvalue weighted by Gasteiger charge is -2.10. The molecule has 1 rings (SSSR count). The first-order valence-electron chi connectivity index (χ1n) is 4.68. The topological polar surface area (TPSA) is 99.4 Å². The van der Waals surface area contributed by atoms with E-state index in [4.69, 9.17) is 24.8 Å². The molecule has 0 spiro atoms. The molecule has 0 aliphatic carbocycles. The van der Waals surface area contributed by atoms with Crippen LogP contribution >= 0.6 is 0 Å². The van der Waals surface area contributed by atoms with Crippen molar-refractivity contribution in [2.24, 2.45) is 0 Å². The maximum atomic E-state index is 9.62. The van der Waals surface area contributed by atoms with Gasteiger partial charge in [0, 0.05) is 6.08 Å². The summed E-state index contributed by atoms with van der Waals surface area (Å²) in [5, 5.41) is 35.7. The second-order valence-electron chi connectivity index (χ2n) is 3.29. The van der Waals surface area contributed by atoms with Crippen molar-refractivity contribution in [3.05, 3.63) is 23.8 Å². The zero-order valence-corrected chi connectivity index (χ0v) is 9.41. The molecule has 94 valence electrons. The summed E-state index contributed by atoms with van der Waals surface area (Å²) in [6, 6.07) is 2.89. The lowest BCUT2D eigenvalue weighted by molar-refractivity contribution is -0.272. The molecular formula is C11H14O6. The van der Waals surface area contributed by atoms with E-state index in [9.17, 15) is 5.11 Å². The number of phenols is 1. The predicted octanol–water partition coefficient (Wildman–Crippen LogP) is 0.0533. The minimum absolute atomic E-state index is 0.157. The van der Waals surface area contributed by atoms with Crippen LogP contribution in [0.2, 0.25) is 0 Å². The Hall–Kier alpha value is -1.76. The molecule has 0 unspecified atom stereocenters. The van der Waals surface area contributed by atoms with Crippen molar-refractivity contribution in [3.63, 3.8) is 0 Å². The van der Waals surface area contributed by atoms with Crippen LogP contribution in [0.5, 0.6) is 17.2 Å². The van der Waals surface area contributed by atoms with Gasteiger partial charge in [0.05, 0.1) is 14.2 Å². The molecule has 0 bridgehead atoms. The van der Waals surface area contributed by atoms with Crippen molar-refractivity contribution in [2.75, 3.05) is 14.2 Å². The Bertz CT molecular complexity index is 393. The lowest BCUT2D eigenvalue weighted by atomic mass is 10.1. The Morgan fingerprint density at radius 2 is 1.53 bits per heavy atom. The van der Waals surface area contributed by atoms with Crippen LogP contribution in [0.4, 0.5) is 0 Å². The molecular weight excluding hydrogens is 228 g/mol. The number of methoxy groups -OCH3 is 2. The molecule has 17 heavy (non-hydrogen) atoms. The fourth-order valence-corrected chi connectivity index (χ4v) is 1.22. The van der Waals surface area contributed by atoms with E-state index in [1.54, 1.807) is 0 Å². The van der Waals surface area contributed by atoms with E-state index in [0.29, 0.717) is 5.56 Å².